The number of carbonyl (C=O) groups is 2. The van der Waals surface area contributed by atoms with Gasteiger partial charge in [-0.25, -0.2) is 0 Å². The van der Waals surface area contributed by atoms with E-state index in [2.05, 4.69) is 10.6 Å². The zero-order chi connectivity index (χ0) is 19.2. The summed E-state index contributed by atoms with van der Waals surface area (Å²) in [5, 5.41) is 6.38. The average Bonchev–Trinajstić information content (AvgIpc) is 3.19. The summed E-state index contributed by atoms with van der Waals surface area (Å²) >= 11 is 0. The Kier molecular flexibility index (Phi) is 8.58. The SMILES string of the molecule is Cc1cc(C(=O)NCC2CCCN2)cc(C)c1OCC(=O)N1CCCCC1.Cl. The van der Waals surface area contributed by atoms with Gasteiger partial charge in [0.25, 0.3) is 11.8 Å². The molecule has 7 heteroatoms. The molecule has 1 aromatic rings. The van der Waals surface area contributed by atoms with Crippen LogP contribution in [0.4, 0.5) is 0 Å². The van der Waals surface area contributed by atoms with E-state index in [1.807, 2.05) is 30.9 Å². The first-order valence-electron chi connectivity index (χ1n) is 10.1. The Morgan fingerprint density at radius 3 is 2.43 bits per heavy atom. The van der Waals surface area contributed by atoms with Crippen LogP contribution in [0.2, 0.25) is 0 Å². The van der Waals surface area contributed by atoms with Crippen molar-refractivity contribution in [3.05, 3.63) is 28.8 Å². The zero-order valence-electron chi connectivity index (χ0n) is 16.9. The third-order valence-electron chi connectivity index (χ3n) is 5.44. The largest absolute Gasteiger partial charge is 0.483 e. The lowest BCUT2D eigenvalue weighted by atomic mass is 10.0. The topological polar surface area (TPSA) is 70.7 Å². The van der Waals surface area contributed by atoms with E-state index in [0.717, 1.165) is 50.0 Å². The first kappa shape index (κ1) is 22.5. The second-order valence-corrected chi connectivity index (χ2v) is 7.67. The lowest BCUT2D eigenvalue weighted by Gasteiger charge is -2.26. The number of hydrogen-bond donors (Lipinski definition) is 2. The van der Waals surface area contributed by atoms with Crippen LogP contribution in [-0.2, 0) is 4.79 Å². The smallest absolute Gasteiger partial charge is 0.260 e. The minimum absolute atomic E-state index is 0. The monoisotopic (exact) mass is 409 g/mol. The minimum atomic E-state index is -0.0640. The van der Waals surface area contributed by atoms with Crippen molar-refractivity contribution in [1.82, 2.24) is 15.5 Å². The zero-order valence-corrected chi connectivity index (χ0v) is 17.7. The number of halogens is 1. The lowest BCUT2D eigenvalue weighted by Crippen LogP contribution is -2.38. The Bertz CT molecular complexity index is 660. The normalized spacial score (nSPS) is 19.1. The highest BCUT2D eigenvalue weighted by molar-refractivity contribution is 5.95. The van der Waals surface area contributed by atoms with Gasteiger partial charge in [-0.1, -0.05) is 0 Å². The summed E-state index contributed by atoms with van der Waals surface area (Å²) in [6, 6.07) is 4.05. The van der Waals surface area contributed by atoms with Gasteiger partial charge in [0.15, 0.2) is 6.61 Å². The number of hydrogen-bond acceptors (Lipinski definition) is 4. The molecule has 28 heavy (non-hydrogen) atoms. The van der Waals surface area contributed by atoms with E-state index in [1.54, 1.807) is 0 Å². The standard InChI is InChI=1S/C21H31N3O3.ClH/c1-15-11-17(21(26)23-13-18-7-6-8-22-18)12-16(2)20(15)27-14-19(25)24-9-4-3-5-10-24;/h11-12,18,22H,3-10,13-14H2,1-2H3,(H,23,26);1H. The molecule has 1 atom stereocenters. The van der Waals surface area contributed by atoms with Crippen molar-refractivity contribution in [2.24, 2.45) is 0 Å². The van der Waals surface area contributed by atoms with Gasteiger partial charge >= 0.3 is 0 Å². The van der Waals surface area contributed by atoms with Crippen LogP contribution in [0.3, 0.4) is 0 Å². The van der Waals surface area contributed by atoms with Crippen molar-refractivity contribution in [2.45, 2.75) is 52.0 Å². The van der Waals surface area contributed by atoms with Gasteiger partial charge in [0.05, 0.1) is 0 Å². The number of aryl methyl sites for hydroxylation is 2. The lowest BCUT2D eigenvalue weighted by molar-refractivity contribution is -0.134. The molecule has 2 aliphatic heterocycles. The first-order valence-corrected chi connectivity index (χ1v) is 10.1. The molecule has 156 valence electrons. The highest BCUT2D eigenvalue weighted by Gasteiger charge is 2.19. The number of nitrogens with zero attached hydrogens (tertiary/aromatic N) is 1. The molecule has 2 saturated heterocycles. The molecule has 0 bridgehead atoms. The number of likely N-dealkylation sites (tertiary alicyclic amines) is 1. The number of carbonyl (C=O) groups excluding carboxylic acids is 2. The first-order chi connectivity index (χ1) is 13.0. The highest BCUT2D eigenvalue weighted by Crippen LogP contribution is 2.25. The van der Waals surface area contributed by atoms with Gasteiger partial charge in [-0.05, 0) is 75.8 Å². The maximum atomic E-state index is 12.4. The van der Waals surface area contributed by atoms with Crippen molar-refractivity contribution in [3.8, 4) is 5.75 Å². The maximum absolute atomic E-state index is 12.4. The van der Waals surface area contributed by atoms with E-state index in [1.165, 1.54) is 12.8 Å². The number of ether oxygens (including phenoxy) is 1. The van der Waals surface area contributed by atoms with Crippen molar-refractivity contribution in [3.63, 3.8) is 0 Å². The van der Waals surface area contributed by atoms with Crippen molar-refractivity contribution in [1.29, 1.82) is 0 Å². The molecular formula is C21H32ClN3O3. The van der Waals surface area contributed by atoms with Crippen LogP contribution in [0.5, 0.6) is 5.75 Å². The molecule has 0 aliphatic carbocycles. The molecule has 1 unspecified atom stereocenters. The third-order valence-corrected chi connectivity index (χ3v) is 5.44. The van der Waals surface area contributed by atoms with E-state index >= 15 is 0 Å². The number of benzene rings is 1. The van der Waals surface area contributed by atoms with Gasteiger partial charge in [0, 0.05) is 31.2 Å². The Morgan fingerprint density at radius 2 is 1.82 bits per heavy atom. The van der Waals surface area contributed by atoms with Crippen LogP contribution in [-0.4, -0.2) is 55.5 Å². The van der Waals surface area contributed by atoms with Gasteiger partial charge in [0.2, 0.25) is 0 Å². The molecule has 0 aromatic heterocycles. The Hall–Kier alpha value is -1.79. The summed E-state index contributed by atoms with van der Waals surface area (Å²) < 4.78 is 5.83. The summed E-state index contributed by atoms with van der Waals surface area (Å²) in [5.41, 5.74) is 2.40. The number of piperidine rings is 1. The summed E-state index contributed by atoms with van der Waals surface area (Å²) in [7, 11) is 0. The fourth-order valence-electron chi connectivity index (χ4n) is 3.93. The molecule has 2 amide bonds. The van der Waals surface area contributed by atoms with Crippen molar-refractivity contribution >= 4 is 24.2 Å². The van der Waals surface area contributed by atoms with E-state index < -0.39 is 0 Å². The molecule has 0 radical (unpaired) electrons. The minimum Gasteiger partial charge on any atom is -0.483 e. The second-order valence-electron chi connectivity index (χ2n) is 7.67. The number of nitrogens with one attached hydrogen (secondary N) is 2. The van der Waals surface area contributed by atoms with Crippen LogP contribution < -0.4 is 15.4 Å². The predicted octanol–water partition coefficient (Wildman–Crippen LogP) is 2.60. The Morgan fingerprint density at radius 1 is 1.14 bits per heavy atom. The molecule has 2 heterocycles. The highest BCUT2D eigenvalue weighted by atomic mass is 35.5. The van der Waals surface area contributed by atoms with Gasteiger partial charge in [-0.2, -0.15) is 0 Å². The summed E-state index contributed by atoms with van der Waals surface area (Å²) in [5.74, 6) is 0.680. The molecule has 6 nitrogen and oxygen atoms in total. The van der Waals surface area contributed by atoms with Crippen LogP contribution in [0.15, 0.2) is 12.1 Å². The fourth-order valence-corrected chi connectivity index (χ4v) is 3.93. The van der Waals surface area contributed by atoms with Crippen LogP contribution in [0.1, 0.15) is 53.6 Å². The predicted molar refractivity (Wildman–Crippen MR) is 112 cm³/mol. The Labute approximate surface area is 173 Å². The molecule has 2 N–H and O–H groups in total. The molecule has 3 rings (SSSR count). The van der Waals surface area contributed by atoms with E-state index in [9.17, 15) is 9.59 Å². The second kappa shape index (κ2) is 10.7. The molecule has 0 saturated carbocycles. The fraction of sp³-hybridized carbons (Fsp3) is 0.619. The van der Waals surface area contributed by atoms with Crippen LogP contribution >= 0.6 is 12.4 Å². The molecule has 1 aromatic carbocycles. The van der Waals surface area contributed by atoms with Gasteiger partial charge in [-0.3, -0.25) is 9.59 Å². The molecule has 2 fully saturated rings. The maximum Gasteiger partial charge on any atom is 0.260 e. The van der Waals surface area contributed by atoms with Crippen molar-refractivity contribution < 1.29 is 14.3 Å². The summed E-state index contributed by atoms with van der Waals surface area (Å²) in [6.07, 6.45) is 5.62. The summed E-state index contributed by atoms with van der Waals surface area (Å²) in [4.78, 5) is 26.6. The van der Waals surface area contributed by atoms with E-state index in [-0.39, 0.29) is 30.8 Å². The van der Waals surface area contributed by atoms with E-state index in [0.29, 0.717) is 23.9 Å². The average molecular weight is 410 g/mol. The number of amides is 2. The van der Waals surface area contributed by atoms with Gasteiger partial charge in [-0.15, -0.1) is 12.4 Å². The molecule has 0 spiro atoms. The molecule has 2 aliphatic rings. The molecular weight excluding hydrogens is 378 g/mol. The van der Waals surface area contributed by atoms with Crippen LogP contribution in [0.25, 0.3) is 0 Å². The quantitative estimate of drug-likeness (QED) is 0.757. The third kappa shape index (κ3) is 5.85. The summed E-state index contributed by atoms with van der Waals surface area (Å²) in [6.45, 7) is 7.23. The van der Waals surface area contributed by atoms with Crippen molar-refractivity contribution in [2.75, 3.05) is 32.8 Å². The van der Waals surface area contributed by atoms with E-state index in [4.69, 9.17) is 4.74 Å². The van der Waals surface area contributed by atoms with Gasteiger partial charge < -0.3 is 20.3 Å². The van der Waals surface area contributed by atoms with Gasteiger partial charge in [0.1, 0.15) is 5.75 Å². The number of rotatable bonds is 6. The van der Waals surface area contributed by atoms with Crippen LogP contribution in [0, 0.1) is 13.8 Å². The Balaban J connectivity index is 0.00000280.